The van der Waals surface area contributed by atoms with Crippen molar-refractivity contribution in [2.24, 2.45) is 0 Å². The molecule has 1 aromatic heterocycles. The van der Waals surface area contributed by atoms with Gasteiger partial charge >= 0.3 is 5.97 Å². The Morgan fingerprint density at radius 2 is 1.72 bits per heavy atom. The van der Waals surface area contributed by atoms with Crippen molar-refractivity contribution in [3.8, 4) is 17.3 Å². The number of para-hydroxylation sites is 1. The van der Waals surface area contributed by atoms with Gasteiger partial charge in [-0.25, -0.2) is 9.78 Å². The summed E-state index contributed by atoms with van der Waals surface area (Å²) >= 11 is 3.43. The molecule has 0 amide bonds. The van der Waals surface area contributed by atoms with Crippen LogP contribution in [0.3, 0.4) is 0 Å². The van der Waals surface area contributed by atoms with E-state index >= 15 is 0 Å². The zero-order valence-electron chi connectivity index (χ0n) is 15.3. The number of fused-ring (bicyclic) bond motifs is 1. The Morgan fingerprint density at radius 3 is 2.45 bits per heavy atom. The molecule has 0 aliphatic heterocycles. The summed E-state index contributed by atoms with van der Waals surface area (Å²) in [5, 5.41) is 9.64. The van der Waals surface area contributed by atoms with Crippen LogP contribution in [-0.2, 0) is 11.3 Å². The standard InChI is InChI=1S/C24H15BrN2O2/c25-19-11-9-18(10-12-19)23-13-21(20-3-1-2-4-22(20)27-23)24(28)29-15-17-7-5-16(14-26)6-8-17/h1-13H,15H2. The Kier molecular flexibility index (Phi) is 5.37. The van der Waals surface area contributed by atoms with Gasteiger partial charge in [-0.05, 0) is 42.0 Å². The number of nitriles is 1. The number of hydrogen-bond donors (Lipinski definition) is 0. The maximum absolute atomic E-state index is 12.9. The van der Waals surface area contributed by atoms with E-state index in [4.69, 9.17) is 15.0 Å². The molecule has 0 fully saturated rings. The average Bonchev–Trinajstić information content (AvgIpc) is 2.77. The molecule has 0 saturated carbocycles. The highest BCUT2D eigenvalue weighted by molar-refractivity contribution is 9.10. The van der Waals surface area contributed by atoms with Crippen LogP contribution < -0.4 is 0 Å². The number of carbonyl (C=O) groups is 1. The van der Waals surface area contributed by atoms with Crippen molar-refractivity contribution < 1.29 is 9.53 Å². The quantitative estimate of drug-likeness (QED) is 0.369. The number of ether oxygens (including phenoxy) is 1. The van der Waals surface area contributed by atoms with Crippen LogP contribution in [0.2, 0.25) is 0 Å². The highest BCUT2D eigenvalue weighted by atomic mass is 79.9. The molecule has 4 rings (SSSR count). The lowest BCUT2D eigenvalue weighted by molar-refractivity contribution is 0.0475. The molecule has 3 aromatic carbocycles. The van der Waals surface area contributed by atoms with Gasteiger partial charge < -0.3 is 4.74 Å². The summed E-state index contributed by atoms with van der Waals surface area (Å²) in [5.74, 6) is -0.411. The molecule has 0 bridgehead atoms. The number of rotatable bonds is 4. The van der Waals surface area contributed by atoms with E-state index in [1.165, 1.54) is 0 Å². The first-order chi connectivity index (χ1) is 14.1. The summed E-state index contributed by atoms with van der Waals surface area (Å²) in [6.45, 7) is 0.134. The van der Waals surface area contributed by atoms with Crippen LogP contribution in [0.25, 0.3) is 22.2 Å². The summed E-state index contributed by atoms with van der Waals surface area (Å²) in [6.07, 6.45) is 0. The maximum Gasteiger partial charge on any atom is 0.339 e. The Hall–Kier alpha value is -3.49. The van der Waals surface area contributed by atoms with Crippen molar-refractivity contribution >= 4 is 32.8 Å². The second kappa shape index (κ2) is 8.26. The predicted octanol–water partition coefficient (Wildman–Crippen LogP) is 5.89. The van der Waals surface area contributed by atoms with E-state index in [9.17, 15) is 4.79 Å². The van der Waals surface area contributed by atoms with Crippen LogP contribution in [0.15, 0.2) is 83.3 Å². The zero-order valence-corrected chi connectivity index (χ0v) is 16.9. The summed E-state index contributed by atoms with van der Waals surface area (Å²) in [4.78, 5) is 17.6. The van der Waals surface area contributed by atoms with Crippen molar-refractivity contribution in [1.29, 1.82) is 5.26 Å². The Balaban J connectivity index is 1.66. The fraction of sp³-hybridized carbons (Fsp3) is 0.0417. The molecule has 140 valence electrons. The molecule has 0 aliphatic carbocycles. The number of pyridine rings is 1. The lowest BCUT2D eigenvalue weighted by Crippen LogP contribution is -2.07. The van der Waals surface area contributed by atoms with Gasteiger partial charge in [0, 0.05) is 15.4 Å². The van der Waals surface area contributed by atoms with Crippen LogP contribution in [0.1, 0.15) is 21.5 Å². The van der Waals surface area contributed by atoms with Crippen molar-refractivity contribution in [3.63, 3.8) is 0 Å². The zero-order chi connectivity index (χ0) is 20.2. The van der Waals surface area contributed by atoms with Crippen LogP contribution in [-0.4, -0.2) is 11.0 Å². The number of hydrogen-bond acceptors (Lipinski definition) is 4. The normalized spacial score (nSPS) is 10.5. The SMILES string of the molecule is N#Cc1ccc(COC(=O)c2cc(-c3ccc(Br)cc3)nc3ccccc23)cc1. The van der Waals surface area contributed by atoms with E-state index in [0.29, 0.717) is 16.8 Å². The monoisotopic (exact) mass is 442 g/mol. The largest absolute Gasteiger partial charge is 0.457 e. The van der Waals surface area contributed by atoms with E-state index in [0.717, 1.165) is 26.5 Å². The molecular weight excluding hydrogens is 428 g/mol. The molecule has 1 heterocycles. The topological polar surface area (TPSA) is 63.0 Å². The number of esters is 1. The van der Waals surface area contributed by atoms with E-state index in [2.05, 4.69) is 22.0 Å². The number of nitrogens with zero attached hydrogens (tertiary/aromatic N) is 2. The Morgan fingerprint density at radius 1 is 1.00 bits per heavy atom. The number of halogens is 1. The molecule has 5 heteroatoms. The molecule has 0 spiro atoms. The lowest BCUT2D eigenvalue weighted by atomic mass is 10.0. The van der Waals surface area contributed by atoms with Gasteiger partial charge in [-0.1, -0.05) is 58.4 Å². The molecule has 0 radical (unpaired) electrons. The molecule has 0 N–H and O–H groups in total. The molecule has 4 aromatic rings. The lowest BCUT2D eigenvalue weighted by Gasteiger charge is -2.10. The van der Waals surface area contributed by atoms with Gasteiger partial charge in [0.2, 0.25) is 0 Å². The first-order valence-electron chi connectivity index (χ1n) is 8.96. The number of benzene rings is 3. The first kappa shape index (κ1) is 18.9. The van der Waals surface area contributed by atoms with Crippen LogP contribution in [0.4, 0.5) is 0 Å². The molecule has 0 atom stereocenters. The fourth-order valence-electron chi connectivity index (χ4n) is 3.01. The molecule has 0 unspecified atom stereocenters. The number of carbonyl (C=O) groups excluding carboxylic acids is 1. The van der Waals surface area contributed by atoms with E-state index in [1.54, 1.807) is 30.3 Å². The maximum atomic E-state index is 12.9. The number of aromatic nitrogens is 1. The molecule has 0 saturated heterocycles. The highest BCUT2D eigenvalue weighted by Gasteiger charge is 2.15. The fourth-order valence-corrected chi connectivity index (χ4v) is 3.28. The molecule has 29 heavy (non-hydrogen) atoms. The van der Waals surface area contributed by atoms with Crippen LogP contribution >= 0.6 is 15.9 Å². The highest BCUT2D eigenvalue weighted by Crippen LogP contribution is 2.26. The van der Waals surface area contributed by atoms with Gasteiger partial charge in [0.05, 0.1) is 28.4 Å². The van der Waals surface area contributed by atoms with Gasteiger partial charge in [0.25, 0.3) is 0 Å². The third-order valence-electron chi connectivity index (χ3n) is 4.53. The van der Waals surface area contributed by atoms with E-state index < -0.39 is 5.97 Å². The molecule has 4 nitrogen and oxygen atoms in total. The van der Waals surface area contributed by atoms with Gasteiger partial charge in [-0.3, -0.25) is 0 Å². The smallest absolute Gasteiger partial charge is 0.339 e. The van der Waals surface area contributed by atoms with Crippen molar-refractivity contribution in [2.75, 3.05) is 0 Å². The minimum Gasteiger partial charge on any atom is -0.457 e. The van der Waals surface area contributed by atoms with E-state index in [-0.39, 0.29) is 6.61 Å². The first-order valence-corrected chi connectivity index (χ1v) is 9.75. The third-order valence-corrected chi connectivity index (χ3v) is 5.06. The van der Waals surface area contributed by atoms with Gasteiger partial charge in [-0.15, -0.1) is 0 Å². The minimum absolute atomic E-state index is 0.134. The molecular formula is C24H15BrN2O2. The van der Waals surface area contributed by atoms with Crippen LogP contribution in [0, 0.1) is 11.3 Å². The summed E-state index contributed by atoms with van der Waals surface area (Å²) < 4.78 is 6.52. The predicted molar refractivity (Wildman–Crippen MR) is 115 cm³/mol. The average molecular weight is 443 g/mol. The third kappa shape index (κ3) is 4.18. The van der Waals surface area contributed by atoms with Crippen molar-refractivity contribution in [1.82, 2.24) is 4.98 Å². The Labute approximate surface area is 176 Å². The summed E-state index contributed by atoms with van der Waals surface area (Å²) in [7, 11) is 0. The minimum atomic E-state index is -0.411. The van der Waals surface area contributed by atoms with Gasteiger partial charge in [0.15, 0.2) is 0 Å². The van der Waals surface area contributed by atoms with Gasteiger partial charge in [0.1, 0.15) is 6.61 Å². The van der Waals surface area contributed by atoms with Crippen LogP contribution in [0.5, 0.6) is 0 Å². The van der Waals surface area contributed by atoms with Gasteiger partial charge in [-0.2, -0.15) is 5.26 Å². The van der Waals surface area contributed by atoms with E-state index in [1.807, 2.05) is 48.5 Å². The van der Waals surface area contributed by atoms with Crippen molar-refractivity contribution in [2.45, 2.75) is 6.61 Å². The summed E-state index contributed by atoms with van der Waals surface area (Å²) in [5.41, 5.74) is 4.23. The van der Waals surface area contributed by atoms with Crippen molar-refractivity contribution in [3.05, 3.63) is 100 Å². The second-order valence-electron chi connectivity index (χ2n) is 6.46. The Bertz CT molecular complexity index is 1230. The summed E-state index contributed by atoms with van der Waals surface area (Å²) in [6, 6.07) is 26.1. The molecule has 0 aliphatic rings. The second-order valence-corrected chi connectivity index (χ2v) is 7.38.